The minimum atomic E-state index is -0.902. The number of benzene rings is 2. The van der Waals surface area contributed by atoms with Gasteiger partial charge in [0.25, 0.3) is 5.82 Å². The standard InChI is InChI=1S/C22H16F2N3O/c1-13-8-9-15-19-16(23)12-17(24)25-21(19)28-20(15)18(13)22-26(2)10-11-27(22)14-6-4-3-5-7-14/h3-12H,1-2H3/q+1. The van der Waals surface area contributed by atoms with Gasteiger partial charge >= 0.3 is 0 Å². The Morgan fingerprint density at radius 2 is 1.86 bits per heavy atom. The molecule has 0 aliphatic heterocycles. The SMILES string of the molecule is Cc1ccc2c(oc3nc(F)cc(F)c32)c1-c1n(-c2ccccc2)cc[n+]1C. The van der Waals surface area contributed by atoms with Crippen LogP contribution in [0.5, 0.6) is 0 Å². The molecule has 0 amide bonds. The van der Waals surface area contributed by atoms with E-state index in [1.807, 2.05) is 71.9 Å². The molecule has 2 aromatic carbocycles. The second-order valence-corrected chi connectivity index (χ2v) is 6.78. The molecule has 0 bridgehead atoms. The molecule has 0 N–H and O–H groups in total. The molecule has 0 spiro atoms. The molecule has 6 heteroatoms. The highest BCUT2D eigenvalue weighted by atomic mass is 19.1. The van der Waals surface area contributed by atoms with Gasteiger partial charge in [0.05, 0.1) is 12.4 Å². The average molecular weight is 376 g/mol. The maximum atomic E-state index is 14.5. The van der Waals surface area contributed by atoms with Crippen molar-refractivity contribution >= 4 is 22.1 Å². The van der Waals surface area contributed by atoms with Gasteiger partial charge in [-0.05, 0) is 30.7 Å². The summed E-state index contributed by atoms with van der Waals surface area (Å²) in [6, 6.07) is 14.4. The highest BCUT2D eigenvalue weighted by molar-refractivity contribution is 6.08. The predicted molar refractivity (Wildman–Crippen MR) is 102 cm³/mol. The molecule has 5 aromatic rings. The third kappa shape index (κ3) is 2.34. The smallest absolute Gasteiger partial charge is 0.297 e. The summed E-state index contributed by atoms with van der Waals surface area (Å²) in [5, 5.41) is 0.763. The van der Waals surface area contributed by atoms with E-state index in [-0.39, 0.29) is 11.1 Å². The number of para-hydroxylation sites is 1. The molecular formula is C22H16F2N3O+. The van der Waals surface area contributed by atoms with E-state index in [2.05, 4.69) is 4.98 Å². The lowest BCUT2D eigenvalue weighted by Crippen LogP contribution is -2.29. The van der Waals surface area contributed by atoms with E-state index in [1.165, 1.54) is 0 Å². The molecule has 0 unspecified atom stereocenters. The van der Waals surface area contributed by atoms with Crippen LogP contribution in [0.25, 0.3) is 39.1 Å². The van der Waals surface area contributed by atoms with Gasteiger partial charge in [-0.25, -0.2) is 8.96 Å². The number of furan rings is 1. The van der Waals surface area contributed by atoms with E-state index < -0.39 is 11.8 Å². The summed E-state index contributed by atoms with van der Waals surface area (Å²) in [6.07, 6.45) is 3.91. The highest BCUT2D eigenvalue weighted by Crippen LogP contribution is 2.37. The Labute approximate surface area is 159 Å². The van der Waals surface area contributed by atoms with Crippen molar-refractivity contribution < 1.29 is 17.8 Å². The molecule has 0 radical (unpaired) electrons. The molecule has 4 nitrogen and oxygen atoms in total. The van der Waals surface area contributed by atoms with Crippen molar-refractivity contribution in [2.45, 2.75) is 6.92 Å². The van der Waals surface area contributed by atoms with Gasteiger partial charge in [-0.15, -0.1) is 0 Å². The highest BCUT2D eigenvalue weighted by Gasteiger charge is 2.27. The van der Waals surface area contributed by atoms with E-state index in [4.69, 9.17) is 4.42 Å². The molecule has 28 heavy (non-hydrogen) atoms. The maximum Gasteiger partial charge on any atom is 0.297 e. The minimum absolute atomic E-state index is 0.0418. The Morgan fingerprint density at radius 3 is 2.64 bits per heavy atom. The zero-order valence-corrected chi connectivity index (χ0v) is 15.3. The monoisotopic (exact) mass is 376 g/mol. The zero-order valence-electron chi connectivity index (χ0n) is 15.3. The summed E-state index contributed by atoms with van der Waals surface area (Å²) in [5.41, 5.74) is 3.20. The van der Waals surface area contributed by atoms with Crippen molar-refractivity contribution in [3.8, 4) is 17.1 Å². The van der Waals surface area contributed by atoms with Crippen LogP contribution in [0, 0.1) is 18.7 Å². The molecule has 0 saturated heterocycles. The Hall–Kier alpha value is -3.54. The quantitative estimate of drug-likeness (QED) is 0.326. The zero-order chi connectivity index (χ0) is 19.4. The van der Waals surface area contributed by atoms with Gasteiger partial charge in [0.2, 0.25) is 11.7 Å². The molecule has 3 heterocycles. The van der Waals surface area contributed by atoms with Crippen molar-refractivity contribution in [2.24, 2.45) is 7.05 Å². The van der Waals surface area contributed by atoms with Gasteiger partial charge < -0.3 is 4.42 Å². The van der Waals surface area contributed by atoms with Crippen LogP contribution in [0.15, 0.2) is 65.3 Å². The van der Waals surface area contributed by atoms with E-state index in [0.717, 1.165) is 28.7 Å². The van der Waals surface area contributed by atoms with Crippen molar-refractivity contribution in [1.82, 2.24) is 9.55 Å². The first-order chi connectivity index (χ1) is 13.5. The Balaban J connectivity index is 1.90. The number of imidazole rings is 1. The van der Waals surface area contributed by atoms with Crippen LogP contribution < -0.4 is 4.57 Å². The fourth-order valence-electron chi connectivity index (χ4n) is 3.71. The van der Waals surface area contributed by atoms with Gasteiger partial charge in [0.1, 0.15) is 29.5 Å². The number of hydrogen-bond donors (Lipinski definition) is 0. The van der Waals surface area contributed by atoms with Crippen LogP contribution in [0.1, 0.15) is 5.56 Å². The van der Waals surface area contributed by atoms with Gasteiger partial charge in [-0.1, -0.05) is 24.3 Å². The summed E-state index contributed by atoms with van der Waals surface area (Å²) in [4.78, 5) is 3.74. The van der Waals surface area contributed by atoms with Crippen LogP contribution in [-0.2, 0) is 7.05 Å². The topological polar surface area (TPSA) is 34.8 Å². The molecule has 5 rings (SSSR count). The normalized spacial score (nSPS) is 11.6. The lowest BCUT2D eigenvalue weighted by Gasteiger charge is -2.06. The Bertz CT molecular complexity index is 1350. The van der Waals surface area contributed by atoms with Gasteiger partial charge in [-0.2, -0.15) is 13.9 Å². The molecule has 0 aliphatic rings. The third-order valence-electron chi connectivity index (χ3n) is 5.00. The van der Waals surface area contributed by atoms with E-state index in [9.17, 15) is 8.78 Å². The molecule has 0 atom stereocenters. The van der Waals surface area contributed by atoms with Crippen molar-refractivity contribution in [3.05, 3.63) is 78.3 Å². The van der Waals surface area contributed by atoms with Crippen LogP contribution in [0.2, 0.25) is 0 Å². The van der Waals surface area contributed by atoms with Crippen LogP contribution >= 0.6 is 0 Å². The van der Waals surface area contributed by atoms with Gasteiger partial charge in [-0.3, -0.25) is 0 Å². The van der Waals surface area contributed by atoms with Crippen molar-refractivity contribution in [1.29, 1.82) is 0 Å². The first-order valence-electron chi connectivity index (χ1n) is 8.85. The fourth-order valence-corrected chi connectivity index (χ4v) is 3.71. The molecule has 138 valence electrons. The Morgan fingerprint density at radius 1 is 1.07 bits per heavy atom. The van der Waals surface area contributed by atoms with Crippen molar-refractivity contribution in [2.75, 3.05) is 0 Å². The number of fused-ring (bicyclic) bond motifs is 3. The lowest BCUT2D eigenvalue weighted by molar-refractivity contribution is -0.659. The Kier molecular flexibility index (Phi) is 3.55. The minimum Gasteiger partial charge on any atom is -0.437 e. The number of aryl methyl sites for hydroxylation is 2. The van der Waals surface area contributed by atoms with Gasteiger partial charge in [0.15, 0.2) is 5.58 Å². The first kappa shape index (κ1) is 16.6. The third-order valence-corrected chi connectivity index (χ3v) is 5.00. The number of halogens is 2. The number of aromatic nitrogens is 3. The summed E-state index contributed by atoms with van der Waals surface area (Å²) in [6.45, 7) is 1.97. The number of nitrogens with zero attached hydrogens (tertiary/aromatic N) is 3. The summed E-state index contributed by atoms with van der Waals surface area (Å²) in [5.74, 6) is -0.714. The van der Waals surface area contributed by atoms with E-state index in [0.29, 0.717) is 11.0 Å². The number of pyridine rings is 1. The fraction of sp³-hybridized carbons (Fsp3) is 0.0909. The molecule has 0 saturated carbocycles. The van der Waals surface area contributed by atoms with E-state index in [1.54, 1.807) is 6.07 Å². The second-order valence-electron chi connectivity index (χ2n) is 6.78. The predicted octanol–water partition coefficient (Wildman–Crippen LogP) is 4.85. The van der Waals surface area contributed by atoms with Crippen molar-refractivity contribution in [3.63, 3.8) is 0 Å². The average Bonchev–Trinajstić information content (AvgIpc) is 3.23. The largest absolute Gasteiger partial charge is 0.437 e. The molecule has 0 aliphatic carbocycles. The molecular weight excluding hydrogens is 360 g/mol. The van der Waals surface area contributed by atoms with Crippen LogP contribution in [-0.4, -0.2) is 9.55 Å². The summed E-state index contributed by atoms with van der Waals surface area (Å²) < 4.78 is 38.0. The second kappa shape index (κ2) is 5.99. The van der Waals surface area contributed by atoms with Crippen LogP contribution in [0.3, 0.4) is 0 Å². The number of rotatable bonds is 2. The van der Waals surface area contributed by atoms with Gasteiger partial charge in [0, 0.05) is 11.5 Å². The molecule has 3 aromatic heterocycles. The molecule has 0 fully saturated rings. The number of hydrogen-bond acceptors (Lipinski definition) is 2. The first-order valence-corrected chi connectivity index (χ1v) is 8.85. The lowest BCUT2D eigenvalue weighted by atomic mass is 10.0. The maximum absolute atomic E-state index is 14.5. The van der Waals surface area contributed by atoms with Crippen LogP contribution in [0.4, 0.5) is 8.78 Å². The summed E-state index contributed by atoms with van der Waals surface area (Å²) >= 11 is 0. The summed E-state index contributed by atoms with van der Waals surface area (Å²) in [7, 11) is 1.94. The van der Waals surface area contributed by atoms with E-state index >= 15 is 0 Å².